The normalized spacial score (nSPS) is 13.4. The van der Waals surface area contributed by atoms with Crippen molar-refractivity contribution in [2.24, 2.45) is 0 Å². The molecule has 0 saturated heterocycles. The highest BCUT2D eigenvalue weighted by molar-refractivity contribution is 7.85. The molecule has 0 spiro atoms. The summed E-state index contributed by atoms with van der Waals surface area (Å²) in [7, 11) is -3.08. The molecule has 0 bridgehead atoms. The average Bonchev–Trinajstić information content (AvgIpc) is 2.61. The van der Waals surface area contributed by atoms with Gasteiger partial charge in [0.05, 0.1) is 5.56 Å². The zero-order valence-corrected chi connectivity index (χ0v) is 19.5. The van der Waals surface area contributed by atoms with Crippen LogP contribution in [0.25, 0.3) is 0 Å². The predicted molar refractivity (Wildman–Crippen MR) is 110 cm³/mol. The van der Waals surface area contributed by atoms with Gasteiger partial charge in [-0.2, -0.15) is 34.8 Å². The molecular weight excluding hydrogens is 499 g/mol. The molecule has 16 heteroatoms. The monoisotopic (exact) mass is 521 g/mol. The number of halogens is 6. The van der Waals surface area contributed by atoms with Gasteiger partial charge >= 0.3 is 30.0 Å². The topological polar surface area (TPSA) is 110 Å². The highest BCUT2D eigenvalue weighted by atomic mass is 32.2. The highest BCUT2D eigenvalue weighted by Crippen LogP contribution is 2.47. The van der Waals surface area contributed by atoms with E-state index in [1.165, 1.54) is 14.9 Å². The van der Waals surface area contributed by atoms with Crippen molar-refractivity contribution in [3.8, 4) is 0 Å². The molecule has 0 fully saturated rings. The molecule has 1 aromatic rings. The predicted octanol–water partition coefficient (Wildman–Crippen LogP) is 3.10. The molecule has 0 aliphatic heterocycles. The van der Waals surface area contributed by atoms with E-state index in [1.807, 2.05) is 0 Å². The molecule has 1 N–H and O–H groups in total. The summed E-state index contributed by atoms with van der Waals surface area (Å²) in [6.07, 6.45) is -13.6. The SMILES string of the molecule is BCc1cc(C(=O)OC(CS(=O)(=O)O)(C(F)(F)F)C(F)(F)F)ccc1N(C)C(=O)OC(C)(C)C. The van der Waals surface area contributed by atoms with Crippen LogP contribution in [0.2, 0.25) is 0 Å². The molecule has 0 aliphatic rings. The summed E-state index contributed by atoms with van der Waals surface area (Å²) in [5, 5.41) is 0. The van der Waals surface area contributed by atoms with E-state index in [1.54, 1.807) is 20.8 Å². The first kappa shape index (κ1) is 29.5. The van der Waals surface area contributed by atoms with Gasteiger partial charge in [-0.25, -0.2) is 9.59 Å². The maximum absolute atomic E-state index is 13.4. The second kappa shape index (κ2) is 9.64. The summed E-state index contributed by atoms with van der Waals surface area (Å²) in [5.41, 5.74) is -6.88. The third kappa shape index (κ3) is 7.01. The van der Waals surface area contributed by atoms with Crippen molar-refractivity contribution in [3.05, 3.63) is 29.3 Å². The fourth-order valence-electron chi connectivity index (χ4n) is 2.70. The summed E-state index contributed by atoms with van der Waals surface area (Å²) in [6, 6.07) is 2.76. The minimum Gasteiger partial charge on any atom is -0.443 e. The number of hydrogen-bond donors (Lipinski definition) is 1. The van der Waals surface area contributed by atoms with Crippen LogP contribution in [0.1, 0.15) is 36.7 Å². The van der Waals surface area contributed by atoms with Gasteiger partial charge in [-0.1, -0.05) is 6.32 Å². The third-order valence-electron chi connectivity index (χ3n) is 4.29. The summed E-state index contributed by atoms with van der Waals surface area (Å²) >= 11 is 0. The van der Waals surface area contributed by atoms with Crippen molar-refractivity contribution < 1.29 is 58.4 Å². The van der Waals surface area contributed by atoms with E-state index >= 15 is 0 Å². The van der Waals surface area contributed by atoms with Crippen molar-refractivity contribution in [2.75, 3.05) is 17.7 Å². The molecule has 1 rings (SSSR count). The number of hydrogen-bond acceptors (Lipinski definition) is 6. The molecule has 192 valence electrons. The summed E-state index contributed by atoms with van der Waals surface area (Å²) < 4.78 is 120. The van der Waals surface area contributed by atoms with Crippen molar-refractivity contribution in [2.45, 2.75) is 50.6 Å². The Balaban J connectivity index is 3.46. The number of alkyl halides is 6. The fraction of sp³-hybridized carbons (Fsp3) is 0.556. The Hall–Kier alpha value is -2.49. The lowest BCUT2D eigenvalue weighted by Crippen LogP contribution is -2.63. The summed E-state index contributed by atoms with van der Waals surface area (Å²) in [5.74, 6) is -5.14. The molecule has 0 radical (unpaired) electrons. The van der Waals surface area contributed by atoms with Crippen LogP contribution in [0.5, 0.6) is 0 Å². The largest absolute Gasteiger partial charge is 0.443 e. The van der Waals surface area contributed by atoms with E-state index < -0.39 is 57.1 Å². The number of amides is 1. The van der Waals surface area contributed by atoms with Crippen molar-refractivity contribution >= 4 is 35.7 Å². The fourth-order valence-corrected chi connectivity index (χ4v) is 3.60. The quantitative estimate of drug-likeness (QED) is 0.265. The number of carbonyl (C=O) groups is 2. The van der Waals surface area contributed by atoms with Crippen LogP contribution in [-0.2, 0) is 25.9 Å². The van der Waals surface area contributed by atoms with Gasteiger partial charge in [0.1, 0.15) is 19.2 Å². The lowest BCUT2D eigenvalue weighted by atomic mass is 9.93. The Morgan fingerprint density at radius 2 is 1.53 bits per heavy atom. The van der Waals surface area contributed by atoms with Gasteiger partial charge in [-0.05, 0) is 44.5 Å². The number of rotatable bonds is 6. The maximum atomic E-state index is 13.4. The Kier molecular flexibility index (Phi) is 8.38. The zero-order valence-electron chi connectivity index (χ0n) is 18.7. The molecule has 0 heterocycles. The lowest BCUT2D eigenvalue weighted by molar-refractivity contribution is -0.356. The van der Waals surface area contributed by atoms with E-state index in [2.05, 4.69) is 4.74 Å². The Bertz CT molecular complexity index is 1020. The van der Waals surface area contributed by atoms with Gasteiger partial charge in [0.2, 0.25) is 0 Å². The molecule has 34 heavy (non-hydrogen) atoms. The van der Waals surface area contributed by atoms with Gasteiger partial charge in [0.15, 0.2) is 0 Å². The molecule has 0 unspecified atom stereocenters. The average molecular weight is 521 g/mol. The second-order valence-electron chi connectivity index (χ2n) is 8.17. The van der Waals surface area contributed by atoms with Crippen molar-refractivity contribution in [3.63, 3.8) is 0 Å². The van der Waals surface area contributed by atoms with E-state index in [4.69, 9.17) is 9.29 Å². The van der Waals surface area contributed by atoms with Crippen LogP contribution in [0, 0.1) is 0 Å². The molecule has 0 saturated carbocycles. The molecule has 0 aromatic heterocycles. The van der Waals surface area contributed by atoms with Crippen LogP contribution in [0.3, 0.4) is 0 Å². The van der Waals surface area contributed by atoms with E-state index in [9.17, 15) is 44.3 Å². The minimum atomic E-state index is -6.44. The first-order valence-electron chi connectivity index (χ1n) is 9.46. The standard InChI is InChI=1S/C18H22BF6NO7S/c1-15(2,3)33-14(28)26(4)12-6-5-10(7-11(12)8-19)13(27)32-16(17(20,21)22,18(23,24)25)9-34(29,30)31/h5-7H,8-9,19H2,1-4H3,(H,29,30,31). The Morgan fingerprint density at radius 1 is 1.03 bits per heavy atom. The first-order valence-corrected chi connectivity index (χ1v) is 11.1. The smallest absolute Gasteiger partial charge is 0.438 e. The third-order valence-corrected chi connectivity index (χ3v) is 5.06. The minimum absolute atomic E-state index is 0.0816. The van der Waals surface area contributed by atoms with Crippen molar-refractivity contribution in [1.82, 2.24) is 0 Å². The second-order valence-corrected chi connectivity index (χ2v) is 9.63. The van der Waals surface area contributed by atoms with E-state index in [-0.39, 0.29) is 17.6 Å². The Labute approximate surface area is 192 Å². The van der Waals surface area contributed by atoms with Crippen LogP contribution in [-0.4, -0.2) is 69.2 Å². The van der Waals surface area contributed by atoms with Gasteiger partial charge in [0, 0.05) is 12.7 Å². The Morgan fingerprint density at radius 3 is 1.91 bits per heavy atom. The van der Waals surface area contributed by atoms with Crippen LogP contribution < -0.4 is 4.90 Å². The van der Waals surface area contributed by atoms with Crippen molar-refractivity contribution in [1.29, 1.82) is 0 Å². The van der Waals surface area contributed by atoms with Crippen LogP contribution in [0.4, 0.5) is 36.8 Å². The van der Waals surface area contributed by atoms with Gasteiger partial charge < -0.3 is 9.47 Å². The van der Waals surface area contributed by atoms with Gasteiger partial charge in [-0.3, -0.25) is 9.45 Å². The van der Waals surface area contributed by atoms with Gasteiger partial charge in [0.25, 0.3) is 10.1 Å². The molecular formula is C18H22BF6NO7S. The maximum Gasteiger partial charge on any atom is 0.438 e. The number of benzene rings is 1. The first-order chi connectivity index (χ1) is 15.0. The molecule has 0 aliphatic carbocycles. The van der Waals surface area contributed by atoms with E-state index in [0.29, 0.717) is 0 Å². The molecule has 0 atom stereocenters. The van der Waals surface area contributed by atoms with Crippen LogP contribution in [0.15, 0.2) is 18.2 Å². The molecule has 1 aromatic carbocycles. The van der Waals surface area contributed by atoms with Crippen LogP contribution >= 0.6 is 0 Å². The molecule has 1 amide bonds. The summed E-state index contributed by atoms with van der Waals surface area (Å²) in [4.78, 5) is 25.6. The van der Waals surface area contributed by atoms with Gasteiger partial charge in [-0.15, -0.1) is 0 Å². The number of nitrogens with zero attached hydrogens (tertiary/aromatic N) is 1. The number of esters is 1. The lowest BCUT2D eigenvalue weighted by Gasteiger charge is -2.35. The summed E-state index contributed by atoms with van der Waals surface area (Å²) in [6.45, 7) is 4.79. The number of anilines is 1. The highest BCUT2D eigenvalue weighted by Gasteiger charge is 2.76. The number of carbonyl (C=O) groups excluding carboxylic acids is 2. The van der Waals surface area contributed by atoms with E-state index in [0.717, 1.165) is 23.1 Å². The molecule has 8 nitrogen and oxygen atoms in total. The number of ether oxygens (including phenoxy) is 2. The zero-order chi connectivity index (χ0) is 26.9.